The van der Waals surface area contributed by atoms with Gasteiger partial charge in [0.25, 0.3) is 0 Å². The van der Waals surface area contributed by atoms with Gasteiger partial charge in [0.1, 0.15) is 0 Å². The Labute approximate surface area is 82.9 Å². The van der Waals surface area contributed by atoms with Crippen molar-refractivity contribution in [2.24, 2.45) is 5.92 Å². The first-order valence-corrected chi connectivity index (χ1v) is 4.54. The summed E-state index contributed by atoms with van der Waals surface area (Å²) in [5.74, 6) is -1.28. The first-order chi connectivity index (χ1) is 6.66. The third-order valence-electron chi connectivity index (χ3n) is 2.51. The van der Waals surface area contributed by atoms with Gasteiger partial charge in [-0.25, -0.2) is 0 Å². The topological polar surface area (TPSA) is 73.6 Å². The molecule has 0 aromatic carbocycles. The summed E-state index contributed by atoms with van der Waals surface area (Å²) >= 11 is 0. The van der Waals surface area contributed by atoms with Crippen LogP contribution in [0.15, 0.2) is 0 Å². The van der Waals surface area contributed by atoms with Crippen molar-refractivity contribution >= 4 is 5.97 Å². The van der Waals surface area contributed by atoms with Crippen LogP contribution >= 0.6 is 0 Å². The van der Waals surface area contributed by atoms with E-state index in [-0.39, 0.29) is 12.6 Å². The Morgan fingerprint density at radius 1 is 1.71 bits per heavy atom. The molecule has 2 unspecified atom stereocenters. The van der Waals surface area contributed by atoms with E-state index < -0.39 is 11.9 Å². The minimum atomic E-state index is -0.823. The molecule has 1 heterocycles. The van der Waals surface area contributed by atoms with E-state index in [2.05, 4.69) is 0 Å². The summed E-state index contributed by atoms with van der Waals surface area (Å²) in [6, 6.07) is 1.94. The fourth-order valence-electron chi connectivity index (χ4n) is 1.61. The van der Waals surface area contributed by atoms with Crippen molar-refractivity contribution in [3.8, 4) is 6.07 Å². The summed E-state index contributed by atoms with van der Waals surface area (Å²) in [5.41, 5.74) is 0. The standard InChI is InChI=1S/C9H14N2O3/c1-11(4-2-3-10)8-6-14-5-7(8)9(12)13/h7-8H,2,4-6H2,1H3,(H,12,13). The van der Waals surface area contributed by atoms with E-state index in [0.29, 0.717) is 19.6 Å². The van der Waals surface area contributed by atoms with Gasteiger partial charge in [0, 0.05) is 19.0 Å². The summed E-state index contributed by atoms with van der Waals surface area (Å²) in [6.07, 6.45) is 0.416. The van der Waals surface area contributed by atoms with Crippen molar-refractivity contribution in [2.75, 3.05) is 26.8 Å². The second-order valence-electron chi connectivity index (χ2n) is 3.44. The van der Waals surface area contributed by atoms with Gasteiger partial charge in [0.05, 0.1) is 25.2 Å². The lowest BCUT2D eigenvalue weighted by molar-refractivity contribution is -0.143. The predicted molar refractivity (Wildman–Crippen MR) is 48.6 cm³/mol. The highest BCUT2D eigenvalue weighted by Crippen LogP contribution is 2.18. The van der Waals surface area contributed by atoms with Crippen LogP contribution in [0.2, 0.25) is 0 Å². The monoisotopic (exact) mass is 198 g/mol. The van der Waals surface area contributed by atoms with Crippen LogP contribution in [0.1, 0.15) is 6.42 Å². The Hall–Kier alpha value is -1.12. The van der Waals surface area contributed by atoms with E-state index in [1.165, 1.54) is 0 Å². The molecule has 5 nitrogen and oxygen atoms in total. The number of aliphatic carboxylic acids is 1. The van der Waals surface area contributed by atoms with Gasteiger partial charge in [-0.1, -0.05) is 0 Å². The molecule has 1 fully saturated rings. The van der Waals surface area contributed by atoms with E-state index in [9.17, 15) is 4.79 Å². The molecule has 1 rings (SSSR count). The highest BCUT2D eigenvalue weighted by atomic mass is 16.5. The molecule has 0 bridgehead atoms. The fourth-order valence-corrected chi connectivity index (χ4v) is 1.61. The number of nitrogens with zero attached hydrogens (tertiary/aromatic N) is 2. The molecule has 0 saturated carbocycles. The molecule has 1 aliphatic rings. The highest BCUT2D eigenvalue weighted by Gasteiger charge is 2.36. The number of carboxylic acid groups (broad SMARTS) is 1. The zero-order valence-corrected chi connectivity index (χ0v) is 8.14. The molecule has 1 aliphatic heterocycles. The minimum absolute atomic E-state index is 0.0964. The van der Waals surface area contributed by atoms with E-state index in [4.69, 9.17) is 15.1 Å². The molecule has 0 aliphatic carbocycles. The summed E-state index contributed by atoms with van der Waals surface area (Å²) in [5, 5.41) is 17.3. The van der Waals surface area contributed by atoms with Gasteiger partial charge in [0.15, 0.2) is 0 Å². The van der Waals surface area contributed by atoms with Crippen LogP contribution in [0.25, 0.3) is 0 Å². The number of carbonyl (C=O) groups is 1. The molecule has 1 N–H and O–H groups in total. The van der Waals surface area contributed by atoms with Gasteiger partial charge in [0.2, 0.25) is 0 Å². The van der Waals surface area contributed by atoms with Crippen molar-refractivity contribution in [1.82, 2.24) is 4.90 Å². The smallest absolute Gasteiger partial charge is 0.310 e. The van der Waals surface area contributed by atoms with Crippen molar-refractivity contribution in [3.05, 3.63) is 0 Å². The number of ether oxygens (including phenoxy) is 1. The Morgan fingerprint density at radius 2 is 2.43 bits per heavy atom. The third-order valence-corrected chi connectivity index (χ3v) is 2.51. The second kappa shape index (κ2) is 4.94. The van der Waals surface area contributed by atoms with Gasteiger partial charge < -0.3 is 9.84 Å². The van der Waals surface area contributed by atoms with Crippen molar-refractivity contribution in [3.63, 3.8) is 0 Å². The quantitative estimate of drug-likeness (QED) is 0.684. The van der Waals surface area contributed by atoms with Crippen molar-refractivity contribution < 1.29 is 14.6 Å². The van der Waals surface area contributed by atoms with Crippen LogP contribution in [0.4, 0.5) is 0 Å². The number of carboxylic acids is 1. The third kappa shape index (κ3) is 2.44. The van der Waals surface area contributed by atoms with E-state index in [1.54, 1.807) is 0 Å². The zero-order chi connectivity index (χ0) is 10.6. The molecule has 2 atom stereocenters. The Bertz CT molecular complexity index is 249. The summed E-state index contributed by atoms with van der Waals surface area (Å²) in [6.45, 7) is 1.31. The van der Waals surface area contributed by atoms with Crippen LogP contribution in [-0.2, 0) is 9.53 Å². The first kappa shape index (κ1) is 11.0. The molecule has 5 heteroatoms. The Kier molecular flexibility index (Phi) is 3.86. The fraction of sp³-hybridized carbons (Fsp3) is 0.778. The lowest BCUT2D eigenvalue weighted by Gasteiger charge is -2.24. The van der Waals surface area contributed by atoms with Gasteiger partial charge >= 0.3 is 5.97 Å². The maximum absolute atomic E-state index is 10.8. The molecular formula is C9H14N2O3. The number of nitriles is 1. The summed E-state index contributed by atoms with van der Waals surface area (Å²) in [7, 11) is 1.83. The molecule has 0 radical (unpaired) electrons. The van der Waals surface area contributed by atoms with Gasteiger partial charge in [-0.3, -0.25) is 9.69 Å². The van der Waals surface area contributed by atoms with Gasteiger partial charge in [-0.2, -0.15) is 5.26 Å². The highest BCUT2D eigenvalue weighted by molar-refractivity contribution is 5.71. The van der Waals surface area contributed by atoms with Crippen LogP contribution in [0, 0.1) is 17.2 Å². The average Bonchev–Trinajstić information content (AvgIpc) is 2.62. The normalized spacial score (nSPS) is 26.4. The Morgan fingerprint density at radius 3 is 3.00 bits per heavy atom. The van der Waals surface area contributed by atoms with E-state index >= 15 is 0 Å². The molecule has 14 heavy (non-hydrogen) atoms. The molecule has 1 saturated heterocycles. The number of likely N-dealkylation sites (N-methyl/N-ethyl adjacent to an activating group) is 1. The lowest BCUT2D eigenvalue weighted by Crippen LogP contribution is -2.41. The van der Waals surface area contributed by atoms with Gasteiger partial charge in [-0.15, -0.1) is 0 Å². The lowest BCUT2D eigenvalue weighted by atomic mass is 10.0. The first-order valence-electron chi connectivity index (χ1n) is 4.54. The predicted octanol–water partition coefficient (Wildman–Crippen LogP) is -0.0685. The molecule has 0 aromatic rings. The van der Waals surface area contributed by atoms with E-state index in [1.807, 2.05) is 18.0 Å². The minimum Gasteiger partial charge on any atom is -0.481 e. The number of hydrogen-bond donors (Lipinski definition) is 1. The van der Waals surface area contributed by atoms with Crippen molar-refractivity contribution in [2.45, 2.75) is 12.5 Å². The number of hydrogen-bond acceptors (Lipinski definition) is 4. The van der Waals surface area contributed by atoms with E-state index in [0.717, 1.165) is 0 Å². The van der Waals surface area contributed by atoms with Crippen molar-refractivity contribution in [1.29, 1.82) is 5.26 Å². The molecule has 0 aromatic heterocycles. The van der Waals surface area contributed by atoms with Crippen LogP contribution in [-0.4, -0.2) is 48.8 Å². The van der Waals surface area contributed by atoms with Crippen LogP contribution < -0.4 is 0 Å². The van der Waals surface area contributed by atoms with Crippen LogP contribution in [0.3, 0.4) is 0 Å². The largest absolute Gasteiger partial charge is 0.481 e. The van der Waals surface area contributed by atoms with Crippen LogP contribution in [0.5, 0.6) is 0 Å². The molecule has 78 valence electrons. The average molecular weight is 198 g/mol. The summed E-state index contributed by atoms with van der Waals surface area (Å²) < 4.78 is 5.13. The SMILES string of the molecule is CN(CCC#N)C1COCC1C(=O)O. The molecular weight excluding hydrogens is 184 g/mol. The molecule has 0 amide bonds. The molecule has 0 spiro atoms. The van der Waals surface area contributed by atoms with Gasteiger partial charge in [-0.05, 0) is 7.05 Å². The number of rotatable bonds is 4. The zero-order valence-electron chi connectivity index (χ0n) is 8.14. The maximum atomic E-state index is 10.8. The maximum Gasteiger partial charge on any atom is 0.310 e. The second-order valence-corrected chi connectivity index (χ2v) is 3.44. The summed E-state index contributed by atoms with van der Waals surface area (Å²) in [4.78, 5) is 12.7. The Balaban J connectivity index is 2.49.